The molecule has 1 aliphatic heterocycles. The van der Waals surface area contributed by atoms with Crippen LogP contribution in [0, 0.1) is 0 Å². The minimum atomic E-state index is -0.0981. The summed E-state index contributed by atoms with van der Waals surface area (Å²) in [6.45, 7) is 6.56. The highest BCUT2D eigenvalue weighted by Crippen LogP contribution is 2.14. The molecule has 0 aliphatic carbocycles. The number of rotatable bonds is 4. The SMILES string of the molecule is CN(CC1CCCCN1)C(C)(C)CO. The van der Waals surface area contributed by atoms with Crippen LogP contribution in [0.1, 0.15) is 33.1 Å². The first-order valence-electron chi connectivity index (χ1n) is 5.62. The van der Waals surface area contributed by atoms with Gasteiger partial charge in [-0.05, 0) is 40.3 Å². The van der Waals surface area contributed by atoms with Crippen LogP contribution in [0.5, 0.6) is 0 Å². The molecule has 0 saturated carbocycles. The van der Waals surface area contributed by atoms with E-state index in [1.807, 2.05) is 0 Å². The molecule has 1 atom stereocenters. The molecule has 1 aliphatic rings. The number of hydrogen-bond acceptors (Lipinski definition) is 3. The van der Waals surface area contributed by atoms with Crippen molar-refractivity contribution in [2.24, 2.45) is 0 Å². The molecular formula is C11H24N2O. The Labute approximate surface area is 87.5 Å². The molecule has 0 aromatic rings. The first-order valence-corrected chi connectivity index (χ1v) is 5.62. The normalized spacial score (nSPS) is 24.2. The lowest BCUT2D eigenvalue weighted by molar-refractivity contribution is 0.0683. The third-order valence-corrected chi connectivity index (χ3v) is 3.33. The minimum absolute atomic E-state index is 0.0981. The fraction of sp³-hybridized carbons (Fsp3) is 1.00. The van der Waals surface area contributed by atoms with Gasteiger partial charge in [0.15, 0.2) is 0 Å². The van der Waals surface area contributed by atoms with Crippen molar-refractivity contribution in [2.75, 3.05) is 26.7 Å². The summed E-state index contributed by atoms with van der Waals surface area (Å²) in [5.41, 5.74) is -0.0981. The van der Waals surface area contributed by atoms with Crippen molar-refractivity contribution in [1.82, 2.24) is 10.2 Å². The van der Waals surface area contributed by atoms with E-state index in [-0.39, 0.29) is 12.1 Å². The van der Waals surface area contributed by atoms with Gasteiger partial charge in [0.1, 0.15) is 0 Å². The molecule has 0 amide bonds. The maximum atomic E-state index is 9.23. The summed E-state index contributed by atoms with van der Waals surface area (Å²) in [6.07, 6.45) is 3.92. The molecule has 2 N–H and O–H groups in total. The van der Waals surface area contributed by atoms with Gasteiger partial charge in [-0.15, -0.1) is 0 Å². The summed E-state index contributed by atoms with van der Waals surface area (Å²) in [7, 11) is 2.09. The molecule has 1 rings (SSSR count). The smallest absolute Gasteiger partial charge is 0.0609 e. The van der Waals surface area contributed by atoms with Crippen molar-refractivity contribution >= 4 is 0 Å². The lowest BCUT2D eigenvalue weighted by Gasteiger charge is -2.37. The molecule has 84 valence electrons. The molecule has 1 unspecified atom stereocenters. The van der Waals surface area contributed by atoms with Gasteiger partial charge in [0.05, 0.1) is 6.61 Å². The molecule has 0 aromatic carbocycles. The molecule has 1 fully saturated rings. The van der Waals surface area contributed by atoms with Gasteiger partial charge >= 0.3 is 0 Å². The van der Waals surface area contributed by atoms with Crippen LogP contribution in [0.15, 0.2) is 0 Å². The second-order valence-electron chi connectivity index (χ2n) is 5.00. The summed E-state index contributed by atoms with van der Waals surface area (Å²) in [5.74, 6) is 0. The van der Waals surface area contributed by atoms with E-state index in [0.29, 0.717) is 6.04 Å². The van der Waals surface area contributed by atoms with Crippen LogP contribution in [-0.4, -0.2) is 48.3 Å². The lowest BCUT2D eigenvalue weighted by Crippen LogP contribution is -2.51. The largest absolute Gasteiger partial charge is 0.394 e. The van der Waals surface area contributed by atoms with Gasteiger partial charge in [0.25, 0.3) is 0 Å². The van der Waals surface area contributed by atoms with Crippen LogP contribution in [0.2, 0.25) is 0 Å². The molecule has 0 spiro atoms. The molecule has 14 heavy (non-hydrogen) atoms. The second-order valence-corrected chi connectivity index (χ2v) is 5.00. The van der Waals surface area contributed by atoms with Gasteiger partial charge in [0.2, 0.25) is 0 Å². The number of nitrogens with one attached hydrogen (secondary N) is 1. The fourth-order valence-electron chi connectivity index (χ4n) is 1.78. The maximum Gasteiger partial charge on any atom is 0.0609 e. The Balaban J connectivity index is 2.34. The highest BCUT2D eigenvalue weighted by atomic mass is 16.3. The summed E-state index contributed by atoms with van der Waals surface area (Å²) in [6, 6.07) is 0.611. The first-order chi connectivity index (χ1) is 6.56. The lowest BCUT2D eigenvalue weighted by atomic mass is 10.0. The Kier molecular flexibility index (Phi) is 4.35. The van der Waals surface area contributed by atoms with Crippen molar-refractivity contribution in [1.29, 1.82) is 0 Å². The zero-order valence-electron chi connectivity index (χ0n) is 9.71. The van der Waals surface area contributed by atoms with Gasteiger partial charge < -0.3 is 10.4 Å². The highest BCUT2D eigenvalue weighted by molar-refractivity contribution is 4.83. The van der Waals surface area contributed by atoms with Crippen molar-refractivity contribution in [3.63, 3.8) is 0 Å². The van der Waals surface area contributed by atoms with E-state index < -0.39 is 0 Å². The van der Waals surface area contributed by atoms with E-state index in [4.69, 9.17) is 0 Å². The zero-order valence-corrected chi connectivity index (χ0v) is 9.71. The van der Waals surface area contributed by atoms with Gasteiger partial charge in [-0.2, -0.15) is 0 Å². The van der Waals surface area contributed by atoms with Gasteiger partial charge in [-0.1, -0.05) is 6.42 Å². The molecule has 0 aromatic heterocycles. The topological polar surface area (TPSA) is 35.5 Å². The van der Waals surface area contributed by atoms with E-state index >= 15 is 0 Å². The van der Waals surface area contributed by atoms with E-state index in [2.05, 4.69) is 31.1 Å². The molecule has 0 bridgehead atoms. The second kappa shape index (κ2) is 5.10. The number of hydrogen-bond donors (Lipinski definition) is 2. The molecule has 1 heterocycles. The average molecular weight is 200 g/mol. The van der Waals surface area contributed by atoms with Gasteiger partial charge in [-0.25, -0.2) is 0 Å². The van der Waals surface area contributed by atoms with Crippen molar-refractivity contribution < 1.29 is 5.11 Å². The van der Waals surface area contributed by atoms with Crippen molar-refractivity contribution in [3.05, 3.63) is 0 Å². The molecule has 3 nitrogen and oxygen atoms in total. The number of nitrogens with zero attached hydrogens (tertiary/aromatic N) is 1. The fourth-order valence-corrected chi connectivity index (χ4v) is 1.78. The quantitative estimate of drug-likeness (QED) is 0.705. The van der Waals surface area contributed by atoms with E-state index in [0.717, 1.165) is 13.1 Å². The highest BCUT2D eigenvalue weighted by Gasteiger charge is 2.25. The maximum absolute atomic E-state index is 9.23. The standard InChI is InChI=1S/C11H24N2O/c1-11(2,9-14)13(3)8-10-6-4-5-7-12-10/h10,12,14H,4-9H2,1-3H3. The number of piperidine rings is 1. The van der Waals surface area contributed by atoms with Crippen molar-refractivity contribution in [2.45, 2.75) is 44.7 Å². The molecule has 3 heteroatoms. The Bertz CT molecular complexity index is 165. The summed E-state index contributed by atoms with van der Waals surface area (Å²) in [4.78, 5) is 2.25. The van der Waals surface area contributed by atoms with E-state index in [1.54, 1.807) is 0 Å². The van der Waals surface area contributed by atoms with Crippen LogP contribution in [0.25, 0.3) is 0 Å². The Morgan fingerprint density at radius 2 is 2.14 bits per heavy atom. The van der Waals surface area contributed by atoms with Crippen molar-refractivity contribution in [3.8, 4) is 0 Å². The summed E-state index contributed by atoms with van der Waals surface area (Å²) in [5, 5.41) is 12.8. The van der Waals surface area contributed by atoms with Crippen LogP contribution < -0.4 is 5.32 Å². The molecule has 0 radical (unpaired) electrons. The van der Waals surface area contributed by atoms with Crippen LogP contribution in [-0.2, 0) is 0 Å². The third-order valence-electron chi connectivity index (χ3n) is 3.33. The Morgan fingerprint density at radius 3 is 2.64 bits per heavy atom. The van der Waals surface area contributed by atoms with E-state index in [1.165, 1.54) is 19.3 Å². The van der Waals surface area contributed by atoms with E-state index in [9.17, 15) is 5.11 Å². The predicted molar refractivity (Wildman–Crippen MR) is 59.4 cm³/mol. The number of aliphatic hydroxyl groups is 1. The van der Waals surface area contributed by atoms with Crippen LogP contribution >= 0.6 is 0 Å². The number of likely N-dealkylation sites (N-methyl/N-ethyl adjacent to an activating group) is 1. The average Bonchev–Trinajstić information content (AvgIpc) is 2.19. The van der Waals surface area contributed by atoms with Crippen LogP contribution in [0.4, 0.5) is 0 Å². The third kappa shape index (κ3) is 3.23. The Morgan fingerprint density at radius 1 is 1.43 bits per heavy atom. The summed E-state index contributed by atoms with van der Waals surface area (Å²) >= 11 is 0. The predicted octanol–water partition coefficient (Wildman–Crippen LogP) is 0.831. The molecular weight excluding hydrogens is 176 g/mol. The molecule has 1 saturated heterocycles. The monoisotopic (exact) mass is 200 g/mol. The van der Waals surface area contributed by atoms with Gasteiger partial charge in [-0.3, -0.25) is 4.90 Å². The zero-order chi connectivity index (χ0) is 10.6. The Hall–Kier alpha value is -0.120. The number of aliphatic hydroxyl groups excluding tert-OH is 1. The minimum Gasteiger partial charge on any atom is -0.394 e. The first kappa shape index (κ1) is 12.0. The summed E-state index contributed by atoms with van der Waals surface area (Å²) < 4.78 is 0. The van der Waals surface area contributed by atoms with Gasteiger partial charge in [0, 0.05) is 18.1 Å². The van der Waals surface area contributed by atoms with Crippen LogP contribution in [0.3, 0.4) is 0 Å².